The van der Waals surface area contributed by atoms with Crippen LogP contribution in [0.1, 0.15) is 18.4 Å². The van der Waals surface area contributed by atoms with Crippen LogP contribution in [0.2, 0.25) is 0 Å². The van der Waals surface area contributed by atoms with Crippen molar-refractivity contribution in [3.63, 3.8) is 0 Å². The number of guanidine groups is 1. The molecule has 2 saturated heterocycles. The zero-order valence-electron chi connectivity index (χ0n) is 13.6. The molecule has 1 aromatic rings. The lowest BCUT2D eigenvalue weighted by Gasteiger charge is -2.37. The molecule has 0 aliphatic carbocycles. The van der Waals surface area contributed by atoms with Gasteiger partial charge in [-0.25, -0.2) is 0 Å². The standard InChI is InChI=1S/C17H25N3O2.HI/c1-18-17(19-12-14-6-3-2-4-7-14)20-9-11-22-16(13-20)15-8-5-10-21-15;/h2-4,6-7,15-16H,5,8-13H2,1H3,(H,18,19);1H. The van der Waals surface area contributed by atoms with E-state index in [2.05, 4.69) is 39.5 Å². The van der Waals surface area contributed by atoms with Crippen LogP contribution in [0.15, 0.2) is 35.3 Å². The molecule has 2 fully saturated rings. The minimum Gasteiger partial charge on any atom is -0.375 e. The third-order valence-corrected chi connectivity index (χ3v) is 4.28. The maximum absolute atomic E-state index is 5.90. The van der Waals surface area contributed by atoms with E-state index in [9.17, 15) is 0 Å². The summed E-state index contributed by atoms with van der Waals surface area (Å²) in [5.41, 5.74) is 1.26. The molecule has 0 saturated carbocycles. The maximum atomic E-state index is 5.90. The fourth-order valence-electron chi connectivity index (χ4n) is 3.10. The molecule has 2 aliphatic rings. The molecular formula is C17H26IN3O2. The Labute approximate surface area is 155 Å². The Kier molecular flexibility index (Phi) is 7.58. The van der Waals surface area contributed by atoms with Crippen LogP contribution >= 0.6 is 24.0 Å². The van der Waals surface area contributed by atoms with E-state index >= 15 is 0 Å². The molecule has 2 aliphatic heterocycles. The summed E-state index contributed by atoms with van der Waals surface area (Å²) in [6.45, 7) is 4.11. The van der Waals surface area contributed by atoms with E-state index in [0.717, 1.165) is 51.6 Å². The van der Waals surface area contributed by atoms with Crippen LogP contribution in [-0.4, -0.2) is 56.4 Å². The normalized spacial score (nSPS) is 25.1. The summed E-state index contributed by atoms with van der Waals surface area (Å²) < 4.78 is 11.7. The minimum absolute atomic E-state index is 0. The van der Waals surface area contributed by atoms with Gasteiger partial charge in [-0.3, -0.25) is 4.99 Å². The second-order valence-corrected chi connectivity index (χ2v) is 5.79. The molecule has 2 atom stereocenters. The van der Waals surface area contributed by atoms with Crippen LogP contribution in [0.5, 0.6) is 0 Å². The number of rotatable bonds is 3. The summed E-state index contributed by atoms with van der Waals surface area (Å²) in [5.74, 6) is 0.940. The second-order valence-electron chi connectivity index (χ2n) is 5.79. The molecule has 1 aromatic carbocycles. The predicted molar refractivity (Wildman–Crippen MR) is 102 cm³/mol. The summed E-state index contributed by atoms with van der Waals surface area (Å²) in [7, 11) is 1.84. The first-order valence-electron chi connectivity index (χ1n) is 8.09. The van der Waals surface area contributed by atoms with Crippen molar-refractivity contribution in [2.45, 2.75) is 31.6 Å². The fraction of sp³-hybridized carbons (Fsp3) is 0.588. The summed E-state index contributed by atoms with van der Waals surface area (Å²) >= 11 is 0. The summed E-state index contributed by atoms with van der Waals surface area (Å²) in [4.78, 5) is 6.70. The van der Waals surface area contributed by atoms with Crippen LogP contribution in [0.3, 0.4) is 0 Å². The first-order valence-corrected chi connectivity index (χ1v) is 8.09. The van der Waals surface area contributed by atoms with Crippen LogP contribution in [0.25, 0.3) is 0 Å². The highest BCUT2D eigenvalue weighted by Crippen LogP contribution is 2.21. The van der Waals surface area contributed by atoms with Crippen molar-refractivity contribution >= 4 is 29.9 Å². The molecule has 0 amide bonds. The lowest BCUT2D eigenvalue weighted by molar-refractivity contribution is -0.0817. The Morgan fingerprint density at radius 2 is 2.00 bits per heavy atom. The van der Waals surface area contributed by atoms with Gasteiger partial charge in [-0.15, -0.1) is 24.0 Å². The number of halogens is 1. The molecular weight excluding hydrogens is 405 g/mol. The van der Waals surface area contributed by atoms with Crippen molar-refractivity contribution in [2.24, 2.45) is 4.99 Å². The Morgan fingerprint density at radius 1 is 1.22 bits per heavy atom. The number of ether oxygens (including phenoxy) is 2. The predicted octanol–water partition coefficient (Wildman–Crippen LogP) is 2.26. The lowest BCUT2D eigenvalue weighted by Crippen LogP contribution is -2.53. The van der Waals surface area contributed by atoms with Gasteiger partial charge in [0.05, 0.1) is 12.7 Å². The van der Waals surface area contributed by atoms with Gasteiger partial charge in [-0.1, -0.05) is 30.3 Å². The first kappa shape index (κ1) is 18.5. The number of aliphatic imine (C=N–C) groups is 1. The molecule has 128 valence electrons. The zero-order valence-corrected chi connectivity index (χ0v) is 15.9. The van der Waals surface area contributed by atoms with Gasteiger partial charge in [0.1, 0.15) is 6.10 Å². The smallest absolute Gasteiger partial charge is 0.194 e. The van der Waals surface area contributed by atoms with E-state index in [1.54, 1.807) is 0 Å². The Morgan fingerprint density at radius 3 is 2.70 bits per heavy atom. The van der Waals surface area contributed by atoms with Gasteiger partial charge in [0.2, 0.25) is 0 Å². The number of hydrogen-bond donors (Lipinski definition) is 1. The highest BCUT2D eigenvalue weighted by molar-refractivity contribution is 14.0. The molecule has 2 heterocycles. The van der Waals surface area contributed by atoms with Gasteiger partial charge in [0, 0.05) is 33.3 Å². The average Bonchev–Trinajstić information content (AvgIpc) is 3.11. The van der Waals surface area contributed by atoms with Crippen molar-refractivity contribution in [1.29, 1.82) is 0 Å². The van der Waals surface area contributed by atoms with Crippen molar-refractivity contribution in [3.05, 3.63) is 35.9 Å². The van der Waals surface area contributed by atoms with E-state index in [-0.39, 0.29) is 36.2 Å². The second kappa shape index (κ2) is 9.44. The van der Waals surface area contributed by atoms with Crippen molar-refractivity contribution in [1.82, 2.24) is 10.2 Å². The maximum Gasteiger partial charge on any atom is 0.194 e. The highest BCUT2D eigenvalue weighted by Gasteiger charge is 2.32. The number of hydrogen-bond acceptors (Lipinski definition) is 3. The largest absolute Gasteiger partial charge is 0.375 e. The fourth-order valence-corrected chi connectivity index (χ4v) is 3.10. The zero-order chi connectivity index (χ0) is 15.2. The third kappa shape index (κ3) is 5.06. The molecule has 3 rings (SSSR count). The van der Waals surface area contributed by atoms with Gasteiger partial charge in [-0.2, -0.15) is 0 Å². The van der Waals surface area contributed by atoms with E-state index < -0.39 is 0 Å². The van der Waals surface area contributed by atoms with Gasteiger partial charge < -0.3 is 19.7 Å². The van der Waals surface area contributed by atoms with Gasteiger partial charge in [0.25, 0.3) is 0 Å². The van der Waals surface area contributed by atoms with E-state index in [4.69, 9.17) is 9.47 Å². The van der Waals surface area contributed by atoms with Gasteiger partial charge in [-0.05, 0) is 18.4 Å². The monoisotopic (exact) mass is 431 g/mol. The number of nitrogens with one attached hydrogen (secondary N) is 1. The van der Waals surface area contributed by atoms with Crippen molar-refractivity contribution in [3.8, 4) is 0 Å². The van der Waals surface area contributed by atoms with E-state index in [0.29, 0.717) is 0 Å². The summed E-state index contributed by atoms with van der Waals surface area (Å²) in [6, 6.07) is 10.4. The molecule has 2 unspecified atom stereocenters. The topological polar surface area (TPSA) is 46.1 Å². The molecule has 0 radical (unpaired) electrons. The Hall–Kier alpha value is -0.860. The number of nitrogens with zero attached hydrogens (tertiary/aromatic N) is 2. The quantitative estimate of drug-likeness (QED) is 0.453. The summed E-state index contributed by atoms with van der Waals surface area (Å²) in [5, 5.41) is 3.45. The molecule has 23 heavy (non-hydrogen) atoms. The first-order chi connectivity index (χ1) is 10.9. The van der Waals surface area contributed by atoms with Crippen LogP contribution in [0, 0.1) is 0 Å². The van der Waals surface area contributed by atoms with Gasteiger partial charge >= 0.3 is 0 Å². The number of morpholine rings is 1. The molecule has 0 aromatic heterocycles. The Balaban J connectivity index is 0.00000192. The van der Waals surface area contributed by atoms with Gasteiger partial charge in [0.15, 0.2) is 5.96 Å². The molecule has 0 spiro atoms. The Bertz CT molecular complexity index is 492. The third-order valence-electron chi connectivity index (χ3n) is 4.28. The molecule has 1 N–H and O–H groups in total. The molecule has 0 bridgehead atoms. The van der Waals surface area contributed by atoms with Crippen LogP contribution in [0.4, 0.5) is 0 Å². The average molecular weight is 431 g/mol. The minimum atomic E-state index is 0. The molecule has 5 nitrogen and oxygen atoms in total. The highest BCUT2D eigenvalue weighted by atomic mass is 127. The van der Waals surface area contributed by atoms with E-state index in [1.165, 1.54) is 5.56 Å². The molecule has 6 heteroatoms. The van der Waals surface area contributed by atoms with E-state index in [1.807, 2.05) is 13.1 Å². The van der Waals surface area contributed by atoms with Crippen LogP contribution < -0.4 is 5.32 Å². The van der Waals surface area contributed by atoms with Crippen LogP contribution in [-0.2, 0) is 16.0 Å². The van der Waals surface area contributed by atoms with Crippen molar-refractivity contribution in [2.75, 3.05) is 33.4 Å². The lowest BCUT2D eigenvalue weighted by atomic mass is 10.1. The van der Waals surface area contributed by atoms with Crippen molar-refractivity contribution < 1.29 is 9.47 Å². The summed E-state index contributed by atoms with van der Waals surface area (Å²) in [6.07, 6.45) is 2.65. The number of benzene rings is 1. The SMILES string of the molecule is CN=C(NCc1ccccc1)N1CCOC(C2CCCO2)C1.I.